The van der Waals surface area contributed by atoms with Crippen LogP contribution in [0.2, 0.25) is 5.02 Å². The Morgan fingerprint density at radius 1 is 1.35 bits per heavy atom. The van der Waals surface area contributed by atoms with Gasteiger partial charge in [-0.15, -0.1) is 11.3 Å². The number of halogens is 1. The smallest absolute Gasteiger partial charge is 0.265 e. The first-order chi connectivity index (χ1) is 9.38. The summed E-state index contributed by atoms with van der Waals surface area (Å²) in [5.41, 5.74) is 7.85. The van der Waals surface area contributed by atoms with E-state index in [1.807, 2.05) is 19.9 Å². The van der Waals surface area contributed by atoms with E-state index in [2.05, 4.69) is 5.32 Å². The molecule has 1 heterocycles. The Morgan fingerprint density at radius 2 is 2.05 bits per heavy atom. The molecule has 6 heteroatoms. The van der Waals surface area contributed by atoms with Gasteiger partial charge in [0.1, 0.15) is 4.99 Å². The van der Waals surface area contributed by atoms with Crippen molar-refractivity contribution in [2.24, 2.45) is 5.73 Å². The van der Waals surface area contributed by atoms with Crippen molar-refractivity contribution in [1.82, 2.24) is 0 Å². The Labute approximate surface area is 131 Å². The van der Waals surface area contributed by atoms with Gasteiger partial charge in [-0.3, -0.25) is 4.79 Å². The average molecular weight is 325 g/mol. The van der Waals surface area contributed by atoms with E-state index in [0.29, 0.717) is 21.2 Å². The van der Waals surface area contributed by atoms with Gasteiger partial charge in [0, 0.05) is 10.4 Å². The molecule has 3 N–H and O–H groups in total. The third-order valence-corrected chi connectivity index (χ3v) is 4.59. The molecule has 0 bridgehead atoms. The first-order valence-electron chi connectivity index (χ1n) is 5.86. The minimum absolute atomic E-state index is 0.170. The molecule has 0 aliphatic rings. The van der Waals surface area contributed by atoms with E-state index in [-0.39, 0.29) is 10.9 Å². The highest BCUT2D eigenvalue weighted by Gasteiger charge is 2.12. The van der Waals surface area contributed by atoms with Gasteiger partial charge >= 0.3 is 0 Å². The third-order valence-electron chi connectivity index (χ3n) is 2.89. The third kappa shape index (κ3) is 3.17. The van der Waals surface area contributed by atoms with Crippen LogP contribution in [0.3, 0.4) is 0 Å². The molecule has 0 atom stereocenters. The number of nitrogens with two attached hydrogens (primary N) is 1. The Kier molecular flexibility index (Phi) is 4.42. The maximum absolute atomic E-state index is 12.1. The topological polar surface area (TPSA) is 55.1 Å². The Hall–Kier alpha value is -1.43. The molecule has 0 saturated heterocycles. The molecule has 2 aromatic rings. The van der Waals surface area contributed by atoms with Gasteiger partial charge in [0.2, 0.25) is 0 Å². The predicted octanol–water partition coefficient (Wildman–Crippen LogP) is 3.90. The Balaban J connectivity index is 2.21. The summed E-state index contributed by atoms with van der Waals surface area (Å²) in [7, 11) is 0. The fraction of sp³-hybridized carbons (Fsp3) is 0.143. The van der Waals surface area contributed by atoms with Crippen LogP contribution in [0.4, 0.5) is 5.69 Å². The zero-order chi connectivity index (χ0) is 14.9. The van der Waals surface area contributed by atoms with Crippen LogP contribution in [0.5, 0.6) is 0 Å². The second-order valence-corrected chi connectivity index (χ2v) is 6.47. The van der Waals surface area contributed by atoms with Crippen LogP contribution >= 0.6 is 35.2 Å². The summed E-state index contributed by atoms with van der Waals surface area (Å²) in [6.07, 6.45) is 0. The van der Waals surface area contributed by atoms with Gasteiger partial charge in [0.15, 0.2) is 0 Å². The molecule has 0 aliphatic heterocycles. The quantitative estimate of drug-likeness (QED) is 0.842. The van der Waals surface area contributed by atoms with Crippen LogP contribution in [0, 0.1) is 13.8 Å². The van der Waals surface area contributed by atoms with Crippen molar-refractivity contribution >= 4 is 51.7 Å². The zero-order valence-electron chi connectivity index (χ0n) is 11.0. The second kappa shape index (κ2) is 5.91. The van der Waals surface area contributed by atoms with Crippen molar-refractivity contribution in [3.8, 4) is 0 Å². The van der Waals surface area contributed by atoms with E-state index >= 15 is 0 Å². The molecule has 20 heavy (non-hydrogen) atoms. The molecule has 3 nitrogen and oxygen atoms in total. The van der Waals surface area contributed by atoms with Crippen molar-refractivity contribution in [3.63, 3.8) is 0 Å². The molecule has 1 amide bonds. The molecule has 2 rings (SSSR count). The number of aryl methyl sites for hydroxylation is 2. The molecule has 0 fully saturated rings. The highest BCUT2D eigenvalue weighted by molar-refractivity contribution is 7.80. The van der Waals surface area contributed by atoms with E-state index in [0.717, 1.165) is 10.4 Å². The SMILES string of the molecule is Cc1cc(C(=O)Nc2ccc(C(N)=S)cc2Cl)sc1C. The van der Waals surface area contributed by atoms with Gasteiger partial charge in [-0.1, -0.05) is 23.8 Å². The summed E-state index contributed by atoms with van der Waals surface area (Å²) in [6.45, 7) is 3.97. The van der Waals surface area contributed by atoms with E-state index in [4.69, 9.17) is 29.6 Å². The Bertz CT molecular complexity index is 675. The number of carbonyl (C=O) groups is 1. The molecule has 1 aromatic heterocycles. The predicted molar refractivity (Wildman–Crippen MR) is 89.1 cm³/mol. The summed E-state index contributed by atoms with van der Waals surface area (Å²) in [4.78, 5) is 14.2. The van der Waals surface area contributed by atoms with Crippen molar-refractivity contribution in [2.45, 2.75) is 13.8 Å². The van der Waals surface area contributed by atoms with Crippen molar-refractivity contribution in [3.05, 3.63) is 50.2 Å². The van der Waals surface area contributed by atoms with Crippen LogP contribution in [-0.4, -0.2) is 10.9 Å². The number of hydrogen-bond donors (Lipinski definition) is 2. The largest absolute Gasteiger partial charge is 0.389 e. The van der Waals surface area contributed by atoms with Crippen LogP contribution in [-0.2, 0) is 0 Å². The van der Waals surface area contributed by atoms with Crippen molar-refractivity contribution in [2.75, 3.05) is 5.32 Å². The van der Waals surface area contributed by atoms with E-state index in [9.17, 15) is 4.79 Å². The highest BCUT2D eigenvalue weighted by Crippen LogP contribution is 2.26. The monoisotopic (exact) mass is 324 g/mol. The number of rotatable bonds is 3. The first kappa shape index (κ1) is 15.0. The highest BCUT2D eigenvalue weighted by atomic mass is 35.5. The second-order valence-electron chi connectivity index (χ2n) is 4.36. The lowest BCUT2D eigenvalue weighted by atomic mass is 10.2. The number of hydrogen-bond acceptors (Lipinski definition) is 3. The lowest BCUT2D eigenvalue weighted by Gasteiger charge is -2.07. The lowest BCUT2D eigenvalue weighted by Crippen LogP contribution is -2.12. The van der Waals surface area contributed by atoms with Gasteiger partial charge in [-0.05, 0) is 43.7 Å². The summed E-state index contributed by atoms with van der Waals surface area (Å²) < 4.78 is 0. The number of benzene rings is 1. The Morgan fingerprint density at radius 3 is 2.55 bits per heavy atom. The van der Waals surface area contributed by atoms with Crippen molar-refractivity contribution < 1.29 is 4.79 Å². The number of nitrogens with one attached hydrogen (secondary N) is 1. The van der Waals surface area contributed by atoms with E-state index in [1.165, 1.54) is 11.3 Å². The van der Waals surface area contributed by atoms with E-state index in [1.54, 1.807) is 18.2 Å². The number of amides is 1. The number of anilines is 1. The molecule has 0 radical (unpaired) electrons. The van der Waals surface area contributed by atoms with Gasteiger partial charge < -0.3 is 11.1 Å². The molecular formula is C14H13ClN2OS2. The summed E-state index contributed by atoms with van der Waals surface area (Å²) in [5, 5.41) is 3.20. The molecule has 0 unspecified atom stereocenters. The molecular weight excluding hydrogens is 312 g/mol. The van der Waals surface area contributed by atoms with Crippen LogP contribution in [0.15, 0.2) is 24.3 Å². The normalized spacial score (nSPS) is 10.3. The first-order valence-corrected chi connectivity index (χ1v) is 7.46. The molecule has 0 spiro atoms. The standard InChI is InChI=1S/C14H13ClN2OS2/c1-7-5-12(20-8(7)2)14(18)17-11-4-3-9(13(16)19)6-10(11)15/h3-6H,1-2H3,(H2,16,19)(H,17,18). The van der Waals surface area contributed by atoms with Gasteiger partial charge in [0.25, 0.3) is 5.91 Å². The molecule has 1 aromatic carbocycles. The number of thiocarbonyl (C=S) groups is 1. The van der Waals surface area contributed by atoms with Gasteiger partial charge in [-0.2, -0.15) is 0 Å². The summed E-state index contributed by atoms with van der Waals surface area (Å²) in [6, 6.07) is 6.94. The maximum atomic E-state index is 12.1. The maximum Gasteiger partial charge on any atom is 0.265 e. The van der Waals surface area contributed by atoms with Gasteiger partial charge in [0.05, 0.1) is 15.6 Å². The summed E-state index contributed by atoms with van der Waals surface area (Å²) in [5.74, 6) is -0.170. The number of carbonyl (C=O) groups excluding carboxylic acids is 1. The van der Waals surface area contributed by atoms with Crippen LogP contribution in [0.25, 0.3) is 0 Å². The fourth-order valence-corrected chi connectivity index (χ4v) is 2.92. The fourth-order valence-electron chi connectivity index (χ4n) is 1.64. The lowest BCUT2D eigenvalue weighted by molar-refractivity contribution is 0.103. The average Bonchev–Trinajstić information content (AvgIpc) is 2.72. The minimum Gasteiger partial charge on any atom is -0.389 e. The van der Waals surface area contributed by atoms with Gasteiger partial charge in [-0.25, -0.2) is 0 Å². The molecule has 104 valence electrons. The molecule has 0 saturated carbocycles. The number of thiophene rings is 1. The molecule has 0 aliphatic carbocycles. The minimum atomic E-state index is -0.170. The zero-order valence-corrected chi connectivity index (χ0v) is 13.4. The summed E-state index contributed by atoms with van der Waals surface area (Å²) >= 11 is 12.5. The van der Waals surface area contributed by atoms with Crippen molar-refractivity contribution in [1.29, 1.82) is 0 Å². The van der Waals surface area contributed by atoms with Crippen LogP contribution in [0.1, 0.15) is 25.7 Å². The van der Waals surface area contributed by atoms with E-state index < -0.39 is 0 Å². The van der Waals surface area contributed by atoms with Crippen LogP contribution < -0.4 is 11.1 Å².